The van der Waals surface area contributed by atoms with E-state index in [1.54, 1.807) is 32.3 Å². The van der Waals surface area contributed by atoms with E-state index in [1.807, 2.05) is 0 Å². The van der Waals surface area contributed by atoms with E-state index < -0.39 is 34.4 Å². The van der Waals surface area contributed by atoms with Crippen molar-refractivity contribution in [3.05, 3.63) is 74.3 Å². The predicted octanol–water partition coefficient (Wildman–Crippen LogP) is 6.16. The fourth-order valence-corrected chi connectivity index (χ4v) is 4.04. The first-order valence-electron chi connectivity index (χ1n) is 10.5. The maximum Gasteiger partial charge on any atom is 0.344 e. The summed E-state index contributed by atoms with van der Waals surface area (Å²) in [5.74, 6) is -3.85. The lowest BCUT2D eigenvalue weighted by Crippen LogP contribution is -2.26. The average Bonchev–Trinajstić information content (AvgIpc) is 2.77. The van der Waals surface area contributed by atoms with Crippen LogP contribution >= 0.6 is 11.6 Å². The van der Waals surface area contributed by atoms with Gasteiger partial charge >= 0.3 is 5.97 Å². The molecule has 0 aliphatic rings. The van der Waals surface area contributed by atoms with Gasteiger partial charge in [-0.05, 0) is 58.0 Å². The summed E-state index contributed by atoms with van der Waals surface area (Å²) in [6.07, 6.45) is -0.273. The van der Waals surface area contributed by atoms with Crippen LogP contribution in [0.5, 0.6) is 5.75 Å². The van der Waals surface area contributed by atoms with Crippen LogP contribution in [0, 0.1) is 24.4 Å². The third kappa shape index (κ3) is 4.55. The number of hydrogen-bond donors (Lipinski definition) is 0. The van der Waals surface area contributed by atoms with E-state index in [1.165, 1.54) is 12.1 Å². The molecule has 0 aliphatic carbocycles. The monoisotopic (exact) mass is 493 g/mol. The minimum absolute atomic E-state index is 0.0232. The molecule has 0 radical (unpaired) electrons. The summed E-state index contributed by atoms with van der Waals surface area (Å²) in [5.41, 5.74) is -1.05. The molecule has 0 saturated heterocycles. The minimum atomic E-state index is -1.15. The number of halogens is 4. The second-order valence-corrected chi connectivity index (χ2v) is 8.21. The molecule has 0 spiro atoms. The Morgan fingerprint density at radius 3 is 2.32 bits per heavy atom. The van der Waals surface area contributed by atoms with Crippen molar-refractivity contribution in [1.82, 2.24) is 4.57 Å². The molecule has 0 aliphatic heterocycles. The Labute approximate surface area is 199 Å². The van der Waals surface area contributed by atoms with Crippen molar-refractivity contribution in [3.63, 3.8) is 0 Å². The molecule has 0 unspecified atom stereocenters. The maximum absolute atomic E-state index is 15.1. The van der Waals surface area contributed by atoms with E-state index in [9.17, 15) is 18.4 Å². The molecular formula is C25H23ClF3NO4. The lowest BCUT2D eigenvalue weighted by atomic mass is 9.95. The van der Waals surface area contributed by atoms with Crippen LogP contribution in [0.1, 0.15) is 36.8 Å². The number of methoxy groups -OCH3 is 1. The highest BCUT2D eigenvalue weighted by atomic mass is 35.5. The van der Waals surface area contributed by atoms with Crippen LogP contribution < -0.4 is 10.2 Å². The van der Waals surface area contributed by atoms with Crippen molar-refractivity contribution in [2.24, 2.45) is 0 Å². The minimum Gasteiger partial charge on any atom is -0.489 e. The fraction of sp³-hybridized carbons (Fsp3) is 0.280. The van der Waals surface area contributed by atoms with Crippen LogP contribution in [0.2, 0.25) is 5.02 Å². The number of ether oxygens (including phenoxy) is 2. The lowest BCUT2D eigenvalue weighted by molar-refractivity contribution is 0.0599. The van der Waals surface area contributed by atoms with Gasteiger partial charge in [0.05, 0.1) is 29.5 Å². The summed E-state index contributed by atoms with van der Waals surface area (Å²) in [4.78, 5) is 26.4. The van der Waals surface area contributed by atoms with Gasteiger partial charge < -0.3 is 14.0 Å². The first-order valence-corrected chi connectivity index (χ1v) is 10.9. The number of nitrogens with zero attached hydrogens (tertiary/aromatic N) is 1. The molecule has 5 nitrogen and oxygen atoms in total. The summed E-state index contributed by atoms with van der Waals surface area (Å²) in [6, 6.07) is 5.38. The van der Waals surface area contributed by atoms with Gasteiger partial charge in [0, 0.05) is 23.4 Å². The second-order valence-electron chi connectivity index (χ2n) is 7.81. The maximum atomic E-state index is 15.1. The molecule has 0 amide bonds. The van der Waals surface area contributed by atoms with Gasteiger partial charge in [-0.1, -0.05) is 11.6 Å². The van der Waals surface area contributed by atoms with Crippen molar-refractivity contribution < 1.29 is 27.4 Å². The van der Waals surface area contributed by atoms with Crippen LogP contribution in [0.25, 0.3) is 22.4 Å². The molecule has 3 aromatic rings. The highest BCUT2D eigenvalue weighted by molar-refractivity contribution is 6.32. The Kier molecular flexibility index (Phi) is 7.41. The zero-order valence-corrected chi connectivity index (χ0v) is 20.0. The molecule has 0 atom stereocenters. The van der Waals surface area contributed by atoms with Gasteiger partial charge in [0.2, 0.25) is 5.43 Å². The number of benzene rings is 2. The zero-order chi connectivity index (χ0) is 25.3. The predicted molar refractivity (Wildman–Crippen MR) is 124 cm³/mol. The van der Waals surface area contributed by atoms with Crippen molar-refractivity contribution in [1.29, 1.82) is 0 Å². The van der Waals surface area contributed by atoms with Crippen molar-refractivity contribution >= 4 is 17.6 Å². The third-order valence-corrected chi connectivity index (χ3v) is 5.58. The molecule has 2 aromatic carbocycles. The Morgan fingerprint density at radius 2 is 1.76 bits per heavy atom. The van der Waals surface area contributed by atoms with E-state index in [0.29, 0.717) is 5.69 Å². The van der Waals surface area contributed by atoms with Crippen molar-refractivity contribution in [3.8, 4) is 28.1 Å². The number of pyridine rings is 1. The van der Waals surface area contributed by atoms with Gasteiger partial charge in [-0.3, -0.25) is 4.79 Å². The first-order chi connectivity index (χ1) is 16.0. The summed E-state index contributed by atoms with van der Waals surface area (Å²) in [6.45, 7) is 7.06. The number of aromatic nitrogens is 1. The second kappa shape index (κ2) is 9.93. The average molecular weight is 494 g/mol. The molecule has 9 heteroatoms. The molecule has 1 aromatic heterocycles. The molecule has 0 N–H and O–H groups in total. The molecule has 3 rings (SSSR count). The van der Waals surface area contributed by atoms with E-state index in [4.69, 9.17) is 21.1 Å². The lowest BCUT2D eigenvalue weighted by Gasteiger charge is -2.22. The van der Waals surface area contributed by atoms with Crippen molar-refractivity contribution in [2.75, 3.05) is 7.11 Å². The molecule has 0 saturated carbocycles. The Balaban J connectivity index is 2.46. The molecule has 34 heavy (non-hydrogen) atoms. The van der Waals surface area contributed by atoms with Crippen LogP contribution in [0.4, 0.5) is 13.2 Å². The highest BCUT2D eigenvalue weighted by Gasteiger charge is 2.28. The topological polar surface area (TPSA) is 57.5 Å². The summed E-state index contributed by atoms with van der Waals surface area (Å²) in [7, 11) is 1.09. The van der Waals surface area contributed by atoms with Gasteiger partial charge in [0.1, 0.15) is 17.1 Å². The third-order valence-electron chi connectivity index (χ3n) is 5.28. The highest BCUT2D eigenvalue weighted by Crippen LogP contribution is 2.36. The fourth-order valence-electron chi connectivity index (χ4n) is 3.85. The van der Waals surface area contributed by atoms with Gasteiger partial charge in [-0.25, -0.2) is 18.0 Å². The number of esters is 1. The standard InChI is InChI=1S/C25H23ClF3NO4/c1-6-30-13(4)21(15-10-20(34-12(2)3)16(26)11-18(15)28)24(31)22(25(32)33-5)23(30)14-7-8-17(27)19(29)9-14/h7-12H,6H2,1-5H3. The zero-order valence-electron chi connectivity index (χ0n) is 19.3. The van der Waals surface area contributed by atoms with Gasteiger partial charge in [-0.2, -0.15) is 0 Å². The van der Waals surface area contributed by atoms with Crippen LogP contribution in [0.3, 0.4) is 0 Å². The number of hydrogen-bond acceptors (Lipinski definition) is 4. The number of carbonyl (C=O) groups excluding carboxylic acids is 1. The van der Waals surface area contributed by atoms with E-state index in [0.717, 1.165) is 25.3 Å². The Morgan fingerprint density at radius 1 is 1.09 bits per heavy atom. The quantitative estimate of drug-likeness (QED) is 0.386. The molecule has 1 heterocycles. The molecular weight excluding hydrogens is 471 g/mol. The number of carbonyl (C=O) groups is 1. The van der Waals surface area contributed by atoms with Crippen LogP contribution in [-0.2, 0) is 11.3 Å². The smallest absolute Gasteiger partial charge is 0.344 e. The van der Waals surface area contributed by atoms with Gasteiger partial charge in [0.25, 0.3) is 0 Å². The molecule has 180 valence electrons. The van der Waals surface area contributed by atoms with Crippen LogP contribution in [-0.4, -0.2) is 23.8 Å². The van der Waals surface area contributed by atoms with Gasteiger partial charge in [-0.15, -0.1) is 0 Å². The summed E-state index contributed by atoms with van der Waals surface area (Å²) < 4.78 is 54.7. The van der Waals surface area contributed by atoms with Crippen molar-refractivity contribution in [2.45, 2.75) is 40.3 Å². The van der Waals surface area contributed by atoms with E-state index in [2.05, 4.69) is 0 Å². The first kappa shape index (κ1) is 25.4. The number of rotatable bonds is 6. The molecule has 0 bridgehead atoms. The largest absolute Gasteiger partial charge is 0.489 e. The van der Waals surface area contributed by atoms with E-state index >= 15 is 4.39 Å². The Hall–Kier alpha value is -3.26. The molecule has 0 fully saturated rings. The summed E-state index contributed by atoms with van der Waals surface area (Å²) in [5, 5.41) is 0.0232. The normalized spacial score (nSPS) is 11.1. The van der Waals surface area contributed by atoms with E-state index in [-0.39, 0.29) is 45.8 Å². The van der Waals surface area contributed by atoms with Crippen LogP contribution in [0.15, 0.2) is 35.1 Å². The summed E-state index contributed by atoms with van der Waals surface area (Å²) >= 11 is 6.12. The Bertz CT molecular complexity index is 1330. The SMILES string of the molecule is CCn1c(C)c(-c2cc(OC(C)C)c(Cl)cc2F)c(=O)c(C(=O)OC)c1-c1ccc(F)c(F)c1. The van der Waals surface area contributed by atoms with Gasteiger partial charge in [0.15, 0.2) is 11.6 Å².